The molecule has 26 heavy (non-hydrogen) atoms. The number of benzene rings is 2. The Balaban J connectivity index is 1.96. The maximum Gasteiger partial charge on any atom is 0.339 e. The number of aryl methyl sites for hydroxylation is 2. The van der Waals surface area contributed by atoms with Crippen LogP contribution < -0.4 is 10.6 Å². The first-order valence-electron chi connectivity index (χ1n) is 8.23. The van der Waals surface area contributed by atoms with Crippen molar-refractivity contribution in [2.75, 3.05) is 10.6 Å². The SMILES string of the molecule is CC(=O)Nc1ccc(NC(=O)[C@@H](C)OC(=O)c2ccc(C)cc2C)cc1. The predicted octanol–water partition coefficient (Wildman–Crippen LogP) is 3.45. The lowest BCUT2D eigenvalue weighted by Gasteiger charge is -2.15. The van der Waals surface area contributed by atoms with E-state index in [4.69, 9.17) is 4.74 Å². The van der Waals surface area contributed by atoms with Crippen LogP contribution in [0.25, 0.3) is 0 Å². The summed E-state index contributed by atoms with van der Waals surface area (Å²) in [5.41, 5.74) is 3.46. The van der Waals surface area contributed by atoms with E-state index in [0.717, 1.165) is 11.1 Å². The molecule has 0 unspecified atom stereocenters. The van der Waals surface area contributed by atoms with Gasteiger partial charge in [0.1, 0.15) is 0 Å². The molecule has 0 aliphatic carbocycles. The molecule has 2 N–H and O–H groups in total. The monoisotopic (exact) mass is 354 g/mol. The van der Waals surface area contributed by atoms with E-state index in [1.54, 1.807) is 30.3 Å². The van der Waals surface area contributed by atoms with Gasteiger partial charge in [-0.2, -0.15) is 0 Å². The number of nitrogens with one attached hydrogen (secondary N) is 2. The molecule has 0 saturated carbocycles. The molecule has 0 heterocycles. The number of anilines is 2. The van der Waals surface area contributed by atoms with Gasteiger partial charge in [0.15, 0.2) is 6.10 Å². The van der Waals surface area contributed by atoms with E-state index in [0.29, 0.717) is 16.9 Å². The molecule has 2 rings (SSSR count). The molecular weight excluding hydrogens is 332 g/mol. The highest BCUT2D eigenvalue weighted by molar-refractivity contribution is 5.98. The number of rotatable bonds is 5. The Morgan fingerprint density at radius 3 is 2.04 bits per heavy atom. The summed E-state index contributed by atoms with van der Waals surface area (Å²) in [6.07, 6.45) is -0.946. The average molecular weight is 354 g/mol. The predicted molar refractivity (Wildman–Crippen MR) is 100 cm³/mol. The average Bonchev–Trinajstić information content (AvgIpc) is 2.55. The molecule has 136 valence electrons. The van der Waals surface area contributed by atoms with Gasteiger partial charge in [-0.1, -0.05) is 17.7 Å². The number of carbonyl (C=O) groups excluding carboxylic acids is 3. The quantitative estimate of drug-likeness (QED) is 0.806. The highest BCUT2D eigenvalue weighted by atomic mass is 16.5. The van der Waals surface area contributed by atoms with E-state index >= 15 is 0 Å². The van der Waals surface area contributed by atoms with Gasteiger partial charge in [0.05, 0.1) is 5.56 Å². The molecule has 2 aromatic rings. The molecule has 0 saturated heterocycles. The minimum absolute atomic E-state index is 0.172. The molecule has 1 atom stereocenters. The Labute approximate surface area is 152 Å². The van der Waals surface area contributed by atoms with Gasteiger partial charge >= 0.3 is 5.97 Å². The third-order valence-corrected chi connectivity index (χ3v) is 3.73. The fourth-order valence-corrected chi connectivity index (χ4v) is 2.40. The molecule has 2 amide bonds. The summed E-state index contributed by atoms with van der Waals surface area (Å²) in [5.74, 6) is -1.14. The molecule has 0 radical (unpaired) electrons. The van der Waals surface area contributed by atoms with Gasteiger partial charge in [0.25, 0.3) is 5.91 Å². The first kappa shape index (κ1) is 19.2. The Bertz CT molecular complexity index is 828. The maximum atomic E-state index is 12.2. The number of amides is 2. The van der Waals surface area contributed by atoms with Crippen molar-refractivity contribution in [2.24, 2.45) is 0 Å². The molecule has 6 heteroatoms. The zero-order valence-electron chi connectivity index (χ0n) is 15.3. The Kier molecular flexibility index (Phi) is 6.11. The van der Waals surface area contributed by atoms with Crippen molar-refractivity contribution in [1.82, 2.24) is 0 Å². The third-order valence-electron chi connectivity index (χ3n) is 3.73. The summed E-state index contributed by atoms with van der Waals surface area (Å²) in [5, 5.41) is 5.31. The summed E-state index contributed by atoms with van der Waals surface area (Å²) in [4.78, 5) is 35.5. The largest absolute Gasteiger partial charge is 0.449 e. The second kappa shape index (κ2) is 8.29. The van der Waals surface area contributed by atoms with Crippen LogP contribution in [-0.2, 0) is 14.3 Å². The molecule has 0 aromatic heterocycles. The van der Waals surface area contributed by atoms with Crippen LogP contribution in [0.5, 0.6) is 0 Å². The van der Waals surface area contributed by atoms with Crippen LogP contribution in [0.3, 0.4) is 0 Å². The van der Waals surface area contributed by atoms with Crippen molar-refractivity contribution in [2.45, 2.75) is 33.8 Å². The number of carbonyl (C=O) groups is 3. The van der Waals surface area contributed by atoms with E-state index < -0.39 is 18.0 Å². The van der Waals surface area contributed by atoms with Crippen molar-refractivity contribution in [1.29, 1.82) is 0 Å². The lowest BCUT2D eigenvalue weighted by molar-refractivity contribution is -0.123. The summed E-state index contributed by atoms with van der Waals surface area (Å²) >= 11 is 0. The van der Waals surface area contributed by atoms with Crippen molar-refractivity contribution in [3.05, 3.63) is 59.2 Å². The highest BCUT2D eigenvalue weighted by Gasteiger charge is 2.20. The molecule has 0 aliphatic heterocycles. The van der Waals surface area contributed by atoms with E-state index in [9.17, 15) is 14.4 Å². The number of hydrogen-bond acceptors (Lipinski definition) is 4. The maximum absolute atomic E-state index is 12.2. The Morgan fingerprint density at radius 1 is 0.923 bits per heavy atom. The van der Waals surface area contributed by atoms with Crippen LogP contribution in [0.4, 0.5) is 11.4 Å². The molecule has 2 aromatic carbocycles. The van der Waals surface area contributed by atoms with E-state index in [-0.39, 0.29) is 5.91 Å². The summed E-state index contributed by atoms with van der Waals surface area (Å²) in [6, 6.07) is 12.1. The first-order valence-corrected chi connectivity index (χ1v) is 8.23. The normalized spacial score (nSPS) is 11.4. The molecular formula is C20H22N2O4. The van der Waals surface area contributed by atoms with E-state index in [1.807, 2.05) is 26.0 Å². The minimum Gasteiger partial charge on any atom is -0.449 e. The fraction of sp³-hybridized carbons (Fsp3) is 0.250. The van der Waals surface area contributed by atoms with Crippen LogP contribution in [-0.4, -0.2) is 23.9 Å². The Morgan fingerprint density at radius 2 is 1.50 bits per heavy atom. The standard InChI is InChI=1S/C20H22N2O4/c1-12-5-10-18(13(2)11-12)20(25)26-14(3)19(24)22-17-8-6-16(7-9-17)21-15(4)23/h5-11,14H,1-4H3,(H,21,23)(H,22,24)/t14-/m1/s1. The van der Waals surface area contributed by atoms with E-state index in [2.05, 4.69) is 10.6 Å². The number of esters is 1. The zero-order chi connectivity index (χ0) is 19.3. The zero-order valence-corrected chi connectivity index (χ0v) is 15.3. The summed E-state index contributed by atoms with van der Waals surface area (Å²) < 4.78 is 5.26. The highest BCUT2D eigenvalue weighted by Crippen LogP contribution is 2.16. The van der Waals surface area contributed by atoms with Gasteiger partial charge in [-0.15, -0.1) is 0 Å². The lowest BCUT2D eigenvalue weighted by atomic mass is 10.1. The van der Waals surface area contributed by atoms with Gasteiger partial charge < -0.3 is 15.4 Å². The van der Waals surface area contributed by atoms with Gasteiger partial charge in [-0.3, -0.25) is 9.59 Å². The van der Waals surface area contributed by atoms with Gasteiger partial charge in [-0.05, 0) is 56.7 Å². The second-order valence-corrected chi connectivity index (χ2v) is 6.11. The summed E-state index contributed by atoms with van der Waals surface area (Å²) in [7, 11) is 0. The lowest BCUT2D eigenvalue weighted by Crippen LogP contribution is -2.30. The van der Waals surface area contributed by atoms with Crippen molar-refractivity contribution < 1.29 is 19.1 Å². The van der Waals surface area contributed by atoms with Crippen molar-refractivity contribution in [3.8, 4) is 0 Å². The molecule has 6 nitrogen and oxygen atoms in total. The smallest absolute Gasteiger partial charge is 0.339 e. The van der Waals surface area contributed by atoms with Crippen molar-refractivity contribution >= 4 is 29.2 Å². The number of hydrogen-bond donors (Lipinski definition) is 2. The Hall–Kier alpha value is -3.15. The fourth-order valence-electron chi connectivity index (χ4n) is 2.40. The van der Waals surface area contributed by atoms with Gasteiger partial charge in [0, 0.05) is 18.3 Å². The summed E-state index contributed by atoms with van der Waals surface area (Å²) in [6.45, 7) is 6.70. The van der Waals surface area contributed by atoms with Crippen LogP contribution >= 0.6 is 0 Å². The second-order valence-electron chi connectivity index (χ2n) is 6.11. The number of ether oxygens (including phenoxy) is 1. The third kappa shape index (κ3) is 5.17. The van der Waals surface area contributed by atoms with Gasteiger partial charge in [0.2, 0.25) is 5.91 Å². The molecule has 0 aliphatic rings. The van der Waals surface area contributed by atoms with Gasteiger partial charge in [-0.25, -0.2) is 4.79 Å². The molecule has 0 fully saturated rings. The van der Waals surface area contributed by atoms with Crippen LogP contribution in [0.15, 0.2) is 42.5 Å². The van der Waals surface area contributed by atoms with Crippen LogP contribution in [0.1, 0.15) is 35.3 Å². The van der Waals surface area contributed by atoms with Crippen LogP contribution in [0.2, 0.25) is 0 Å². The molecule has 0 bridgehead atoms. The van der Waals surface area contributed by atoms with Crippen molar-refractivity contribution in [3.63, 3.8) is 0 Å². The minimum atomic E-state index is -0.946. The first-order chi connectivity index (χ1) is 12.3. The molecule has 0 spiro atoms. The topological polar surface area (TPSA) is 84.5 Å². The van der Waals surface area contributed by atoms with E-state index in [1.165, 1.54) is 13.8 Å². The van der Waals surface area contributed by atoms with Crippen LogP contribution in [0, 0.1) is 13.8 Å².